The highest BCUT2D eigenvalue weighted by molar-refractivity contribution is 5.91. The Balaban J connectivity index is 1.75. The van der Waals surface area contributed by atoms with Gasteiger partial charge in [0.15, 0.2) is 0 Å². The number of ether oxygens (including phenoxy) is 1. The Morgan fingerprint density at radius 2 is 1.73 bits per heavy atom. The monoisotopic (exact) mass is 290 g/mol. The van der Waals surface area contributed by atoms with E-state index in [9.17, 15) is 4.79 Å². The van der Waals surface area contributed by atoms with Crippen molar-refractivity contribution in [2.75, 3.05) is 0 Å². The van der Waals surface area contributed by atoms with Crippen LogP contribution in [0.2, 0.25) is 0 Å². The van der Waals surface area contributed by atoms with Crippen LogP contribution in [0.15, 0.2) is 66.7 Å². The molecule has 1 aromatic heterocycles. The normalized spacial score (nSPS) is 10.2. The summed E-state index contributed by atoms with van der Waals surface area (Å²) < 4.78 is 5.23. The van der Waals surface area contributed by atoms with Gasteiger partial charge in [-0.1, -0.05) is 48.0 Å². The number of rotatable bonds is 3. The van der Waals surface area contributed by atoms with E-state index in [1.54, 1.807) is 24.3 Å². The Kier molecular flexibility index (Phi) is 3.92. The highest BCUT2D eigenvalue weighted by Crippen LogP contribution is 2.17. The minimum atomic E-state index is -0.439. The van der Waals surface area contributed by atoms with Crippen LogP contribution in [-0.2, 0) is 0 Å². The third kappa shape index (κ3) is 3.17. The number of carbonyl (C=O) groups is 1. The molecule has 0 saturated heterocycles. The standard InChI is InChI=1S/C18H14N2O2/c1-13-6-5-9-15(12-13)18(21)22-17-11-10-16(19-20-17)14-7-3-2-4-8-14/h2-12H,1H3. The fourth-order valence-electron chi connectivity index (χ4n) is 2.06. The summed E-state index contributed by atoms with van der Waals surface area (Å²) >= 11 is 0. The van der Waals surface area contributed by atoms with Gasteiger partial charge in [0.25, 0.3) is 0 Å². The van der Waals surface area contributed by atoms with Gasteiger partial charge in [0.05, 0.1) is 11.3 Å². The molecule has 22 heavy (non-hydrogen) atoms. The first-order chi connectivity index (χ1) is 10.7. The van der Waals surface area contributed by atoms with Crippen molar-refractivity contribution in [3.05, 3.63) is 77.9 Å². The van der Waals surface area contributed by atoms with E-state index in [2.05, 4.69) is 10.2 Å². The van der Waals surface area contributed by atoms with Crippen molar-refractivity contribution >= 4 is 5.97 Å². The molecule has 0 aliphatic carbocycles. The lowest BCUT2D eigenvalue weighted by molar-refractivity contribution is 0.0726. The van der Waals surface area contributed by atoms with Crippen molar-refractivity contribution < 1.29 is 9.53 Å². The maximum atomic E-state index is 12.0. The van der Waals surface area contributed by atoms with E-state index < -0.39 is 5.97 Å². The van der Waals surface area contributed by atoms with Gasteiger partial charge in [-0.05, 0) is 25.1 Å². The zero-order chi connectivity index (χ0) is 15.4. The topological polar surface area (TPSA) is 52.1 Å². The molecule has 0 radical (unpaired) electrons. The summed E-state index contributed by atoms with van der Waals surface area (Å²) in [5, 5.41) is 8.04. The summed E-state index contributed by atoms with van der Waals surface area (Å²) in [6.45, 7) is 1.92. The average Bonchev–Trinajstić information content (AvgIpc) is 2.56. The van der Waals surface area contributed by atoms with Gasteiger partial charge in [-0.2, -0.15) is 0 Å². The second-order valence-corrected chi connectivity index (χ2v) is 4.88. The number of esters is 1. The third-order valence-corrected chi connectivity index (χ3v) is 3.16. The first-order valence-corrected chi connectivity index (χ1v) is 6.90. The van der Waals surface area contributed by atoms with Crippen LogP contribution in [-0.4, -0.2) is 16.2 Å². The first kappa shape index (κ1) is 13.9. The lowest BCUT2D eigenvalue weighted by Crippen LogP contribution is -2.10. The molecule has 0 aliphatic heterocycles. The van der Waals surface area contributed by atoms with Gasteiger partial charge in [-0.15, -0.1) is 10.2 Å². The lowest BCUT2D eigenvalue weighted by Gasteiger charge is -2.04. The molecule has 4 nitrogen and oxygen atoms in total. The summed E-state index contributed by atoms with van der Waals surface area (Å²) in [6.07, 6.45) is 0. The molecule has 0 fully saturated rings. The number of carbonyl (C=O) groups excluding carboxylic acids is 1. The molecule has 3 aromatic rings. The molecule has 2 aromatic carbocycles. The largest absolute Gasteiger partial charge is 0.402 e. The molecule has 0 N–H and O–H groups in total. The highest BCUT2D eigenvalue weighted by Gasteiger charge is 2.10. The molecule has 1 heterocycles. The van der Waals surface area contributed by atoms with Crippen LogP contribution in [0.25, 0.3) is 11.3 Å². The number of aryl methyl sites for hydroxylation is 1. The van der Waals surface area contributed by atoms with E-state index in [0.29, 0.717) is 5.56 Å². The predicted molar refractivity (Wildman–Crippen MR) is 83.6 cm³/mol. The quantitative estimate of drug-likeness (QED) is 0.691. The Bertz CT molecular complexity index is 784. The van der Waals surface area contributed by atoms with E-state index in [1.165, 1.54) is 0 Å². The second kappa shape index (κ2) is 6.18. The van der Waals surface area contributed by atoms with E-state index in [1.807, 2.05) is 49.4 Å². The predicted octanol–water partition coefficient (Wildman–Crippen LogP) is 3.67. The van der Waals surface area contributed by atoms with Gasteiger partial charge < -0.3 is 4.74 Å². The molecule has 4 heteroatoms. The van der Waals surface area contributed by atoms with Gasteiger partial charge in [0.1, 0.15) is 0 Å². The molecule has 0 aliphatic rings. The van der Waals surface area contributed by atoms with Gasteiger partial charge >= 0.3 is 5.97 Å². The van der Waals surface area contributed by atoms with Gasteiger partial charge in [0, 0.05) is 11.6 Å². The highest BCUT2D eigenvalue weighted by atomic mass is 16.5. The molecule has 3 rings (SSSR count). The molecule has 0 spiro atoms. The molecule has 0 bridgehead atoms. The van der Waals surface area contributed by atoms with Crippen LogP contribution >= 0.6 is 0 Å². The van der Waals surface area contributed by atoms with Crippen molar-refractivity contribution in [3.63, 3.8) is 0 Å². The fourth-order valence-corrected chi connectivity index (χ4v) is 2.06. The summed E-state index contributed by atoms with van der Waals surface area (Å²) in [4.78, 5) is 12.0. The Morgan fingerprint density at radius 3 is 2.41 bits per heavy atom. The minimum Gasteiger partial charge on any atom is -0.402 e. The SMILES string of the molecule is Cc1cccc(C(=O)Oc2ccc(-c3ccccc3)nn2)c1. The zero-order valence-corrected chi connectivity index (χ0v) is 12.1. The molecule has 0 unspecified atom stereocenters. The van der Waals surface area contributed by atoms with Crippen LogP contribution in [0.4, 0.5) is 0 Å². The van der Waals surface area contributed by atoms with Crippen LogP contribution in [0.1, 0.15) is 15.9 Å². The number of nitrogens with zero attached hydrogens (tertiary/aromatic N) is 2. The number of aromatic nitrogens is 2. The smallest absolute Gasteiger partial charge is 0.344 e. The zero-order valence-electron chi connectivity index (χ0n) is 12.1. The summed E-state index contributed by atoms with van der Waals surface area (Å²) in [6, 6.07) is 20.3. The van der Waals surface area contributed by atoms with Crippen LogP contribution in [0.5, 0.6) is 5.88 Å². The molecule has 108 valence electrons. The van der Waals surface area contributed by atoms with E-state index in [4.69, 9.17) is 4.74 Å². The maximum Gasteiger partial charge on any atom is 0.344 e. The Labute approximate surface area is 128 Å². The minimum absolute atomic E-state index is 0.186. The molecular formula is C18H14N2O2. The lowest BCUT2D eigenvalue weighted by atomic mass is 10.1. The number of hydrogen-bond donors (Lipinski definition) is 0. The van der Waals surface area contributed by atoms with Crippen LogP contribution < -0.4 is 4.74 Å². The van der Waals surface area contributed by atoms with Gasteiger partial charge in [-0.25, -0.2) is 4.79 Å². The fraction of sp³-hybridized carbons (Fsp3) is 0.0556. The third-order valence-electron chi connectivity index (χ3n) is 3.16. The Morgan fingerprint density at radius 1 is 0.909 bits per heavy atom. The maximum absolute atomic E-state index is 12.0. The average molecular weight is 290 g/mol. The van der Waals surface area contributed by atoms with Crippen molar-refractivity contribution in [2.24, 2.45) is 0 Å². The van der Waals surface area contributed by atoms with Gasteiger partial charge in [0.2, 0.25) is 5.88 Å². The summed E-state index contributed by atoms with van der Waals surface area (Å²) in [5.41, 5.74) is 3.19. The number of benzene rings is 2. The van der Waals surface area contributed by atoms with Crippen molar-refractivity contribution in [1.82, 2.24) is 10.2 Å². The molecule has 0 atom stereocenters. The molecular weight excluding hydrogens is 276 g/mol. The van der Waals surface area contributed by atoms with Crippen molar-refractivity contribution in [3.8, 4) is 17.1 Å². The second-order valence-electron chi connectivity index (χ2n) is 4.88. The Hall–Kier alpha value is -3.01. The molecule has 0 saturated carbocycles. The van der Waals surface area contributed by atoms with E-state index in [-0.39, 0.29) is 5.88 Å². The van der Waals surface area contributed by atoms with Gasteiger partial charge in [-0.3, -0.25) is 0 Å². The van der Waals surface area contributed by atoms with Crippen molar-refractivity contribution in [1.29, 1.82) is 0 Å². The first-order valence-electron chi connectivity index (χ1n) is 6.90. The van der Waals surface area contributed by atoms with E-state index >= 15 is 0 Å². The van der Waals surface area contributed by atoms with Crippen LogP contribution in [0.3, 0.4) is 0 Å². The summed E-state index contributed by atoms with van der Waals surface area (Å²) in [7, 11) is 0. The number of hydrogen-bond acceptors (Lipinski definition) is 4. The summed E-state index contributed by atoms with van der Waals surface area (Å²) in [5.74, 6) is -0.253. The molecule has 0 amide bonds. The van der Waals surface area contributed by atoms with E-state index in [0.717, 1.165) is 16.8 Å². The van der Waals surface area contributed by atoms with Crippen LogP contribution in [0, 0.1) is 6.92 Å². The van der Waals surface area contributed by atoms with Crippen molar-refractivity contribution in [2.45, 2.75) is 6.92 Å².